The first-order valence-electron chi connectivity index (χ1n) is 10.9. The average molecular weight is 399 g/mol. The second-order valence-corrected chi connectivity index (χ2v) is 8.16. The summed E-state index contributed by atoms with van der Waals surface area (Å²) in [6, 6.07) is 6.96. The first-order valence-corrected chi connectivity index (χ1v) is 10.9. The number of aromatic nitrogens is 3. The van der Waals surface area contributed by atoms with Crippen LogP contribution in [0, 0.1) is 5.82 Å². The quantitative estimate of drug-likeness (QED) is 0.556. The van der Waals surface area contributed by atoms with Gasteiger partial charge in [0.05, 0.1) is 6.54 Å². The standard InChI is InChI=1S/C22H31FN6/c1-2-24-21(26-16-22(11-12-22)17-7-6-8-18(23)15-17)25-13-10-20-28-27-19-9-4-3-5-14-29(19)20/h6-8,15H,2-5,9-14,16H2,1H3,(H2,24,25,26). The maximum atomic E-state index is 13.6. The van der Waals surface area contributed by atoms with Crippen LogP contribution in [0.25, 0.3) is 0 Å². The lowest BCUT2D eigenvalue weighted by molar-refractivity contribution is 0.599. The van der Waals surface area contributed by atoms with Crippen molar-refractivity contribution >= 4 is 5.96 Å². The van der Waals surface area contributed by atoms with Crippen LogP contribution in [0.3, 0.4) is 0 Å². The van der Waals surface area contributed by atoms with E-state index in [0.717, 1.165) is 68.5 Å². The molecule has 2 aliphatic rings. The second-order valence-electron chi connectivity index (χ2n) is 8.16. The molecule has 156 valence electrons. The molecule has 29 heavy (non-hydrogen) atoms. The molecule has 1 saturated carbocycles. The zero-order valence-electron chi connectivity index (χ0n) is 17.3. The van der Waals surface area contributed by atoms with E-state index in [2.05, 4.69) is 32.3 Å². The first-order chi connectivity index (χ1) is 14.2. The van der Waals surface area contributed by atoms with Crippen molar-refractivity contribution in [2.45, 2.75) is 63.8 Å². The molecule has 6 nitrogen and oxygen atoms in total. The average Bonchev–Trinajstić information content (AvgIpc) is 3.48. The van der Waals surface area contributed by atoms with Crippen LogP contribution >= 0.6 is 0 Å². The second kappa shape index (κ2) is 8.93. The van der Waals surface area contributed by atoms with Crippen LogP contribution in [0.2, 0.25) is 0 Å². The Balaban J connectivity index is 1.35. The van der Waals surface area contributed by atoms with Crippen molar-refractivity contribution in [3.05, 3.63) is 47.3 Å². The van der Waals surface area contributed by atoms with Gasteiger partial charge in [-0.05, 0) is 50.3 Å². The van der Waals surface area contributed by atoms with E-state index >= 15 is 0 Å². The number of aliphatic imine (C=N–C) groups is 1. The van der Waals surface area contributed by atoms with Crippen molar-refractivity contribution in [3.63, 3.8) is 0 Å². The fourth-order valence-corrected chi connectivity index (χ4v) is 4.10. The Morgan fingerprint density at radius 2 is 2.10 bits per heavy atom. The highest BCUT2D eigenvalue weighted by Gasteiger charge is 2.44. The molecule has 2 N–H and O–H groups in total. The molecule has 1 aliphatic carbocycles. The lowest BCUT2D eigenvalue weighted by Crippen LogP contribution is -2.39. The van der Waals surface area contributed by atoms with E-state index < -0.39 is 0 Å². The van der Waals surface area contributed by atoms with Gasteiger partial charge in [0, 0.05) is 37.9 Å². The topological polar surface area (TPSA) is 67.1 Å². The largest absolute Gasteiger partial charge is 0.357 e. The van der Waals surface area contributed by atoms with E-state index in [1.165, 1.54) is 25.3 Å². The summed E-state index contributed by atoms with van der Waals surface area (Å²) < 4.78 is 15.9. The predicted molar refractivity (Wildman–Crippen MR) is 113 cm³/mol. The number of benzene rings is 1. The summed E-state index contributed by atoms with van der Waals surface area (Å²) in [5.74, 6) is 2.83. The SMILES string of the molecule is CCNC(=NCC1(c2cccc(F)c2)CC1)NCCc1nnc2n1CCCCC2. The van der Waals surface area contributed by atoms with Crippen LogP contribution in [0.1, 0.15) is 56.2 Å². The Morgan fingerprint density at radius 1 is 1.21 bits per heavy atom. The summed E-state index contributed by atoms with van der Waals surface area (Å²) in [6.45, 7) is 5.33. The third-order valence-electron chi connectivity index (χ3n) is 6.00. The van der Waals surface area contributed by atoms with Gasteiger partial charge < -0.3 is 15.2 Å². The molecule has 1 aromatic carbocycles. The van der Waals surface area contributed by atoms with Gasteiger partial charge in [-0.3, -0.25) is 4.99 Å². The van der Waals surface area contributed by atoms with Crippen LogP contribution in [0.4, 0.5) is 4.39 Å². The molecule has 2 heterocycles. The summed E-state index contributed by atoms with van der Waals surface area (Å²) in [6.07, 6.45) is 7.67. The van der Waals surface area contributed by atoms with E-state index in [-0.39, 0.29) is 11.2 Å². The molecule has 0 bridgehead atoms. The van der Waals surface area contributed by atoms with Gasteiger partial charge in [0.15, 0.2) is 5.96 Å². The van der Waals surface area contributed by atoms with Gasteiger partial charge in [-0.25, -0.2) is 4.39 Å². The van der Waals surface area contributed by atoms with E-state index in [4.69, 9.17) is 4.99 Å². The normalized spacial score (nSPS) is 18.1. The van der Waals surface area contributed by atoms with Crippen molar-refractivity contribution in [1.29, 1.82) is 0 Å². The van der Waals surface area contributed by atoms with Crippen molar-refractivity contribution in [3.8, 4) is 0 Å². The summed E-state index contributed by atoms with van der Waals surface area (Å²) >= 11 is 0. The van der Waals surface area contributed by atoms with Crippen LogP contribution in [-0.2, 0) is 24.8 Å². The lowest BCUT2D eigenvalue weighted by atomic mass is 9.96. The van der Waals surface area contributed by atoms with Crippen molar-refractivity contribution in [1.82, 2.24) is 25.4 Å². The summed E-state index contributed by atoms with van der Waals surface area (Å²) in [5, 5.41) is 15.5. The fraction of sp³-hybridized carbons (Fsp3) is 0.591. The van der Waals surface area contributed by atoms with E-state index in [0.29, 0.717) is 6.54 Å². The number of rotatable bonds is 7. The number of halogens is 1. The molecule has 1 aliphatic heterocycles. The minimum atomic E-state index is -0.171. The number of aryl methyl sites for hydroxylation is 1. The maximum Gasteiger partial charge on any atom is 0.191 e. The van der Waals surface area contributed by atoms with Crippen molar-refractivity contribution in [2.24, 2.45) is 4.99 Å². The molecule has 7 heteroatoms. The monoisotopic (exact) mass is 398 g/mol. The van der Waals surface area contributed by atoms with E-state index in [9.17, 15) is 4.39 Å². The number of fused-ring (bicyclic) bond motifs is 1. The number of hydrogen-bond donors (Lipinski definition) is 2. The number of guanidine groups is 1. The third kappa shape index (κ3) is 4.77. The minimum absolute atomic E-state index is 0.00518. The zero-order chi connectivity index (χ0) is 20.1. The fourth-order valence-electron chi connectivity index (χ4n) is 4.10. The molecule has 0 spiro atoms. The van der Waals surface area contributed by atoms with Gasteiger partial charge in [0.2, 0.25) is 0 Å². The Bertz CT molecular complexity index is 855. The highest BCUT2D eigenvalue weighted by atomic mass is 19.1. The number of nitrogens with one attached hydrogen (secondary N) is 2. The highest BCUT2D eigenvalue weighted by Crippen LogP contribution is 2.48. The Kier molecular flexibility index (Phi) is 6.11. The highest BCUT2D eigenvalue weighted by molar-refractivity contribution is 5.79. The van der Waals surface area contributed by atoms with Crippen LogP contribution in [-0.4, -0.2) is 40.4 Å². The molecule has 0 amide bonds. The molecule has 4 rings (SSSR count). The molecular formula is C22H31FN6. The maximum absolute atomic E-state index is 13.6. The summed E-state index contributed by atoms with van der Waals surface area (Å²) in [5.41, 5.74) is 1.05. The number of nitrogens with zero attached hydrogens (tertiary/aromatic N) is 4. The Morgan fingerprint density at radius 3 is 2.90 bits per heavy atom. The lowest BCUT2D eigenvalue weighted by Gasteiger charge is -2.16. The molecular weight excluding hydrogens is 367 g/mol. The van der Waals surface area contributed by atoms with Gasteiger partial charge in [-0.1, -0.05) is 18.6 Å². The molecule has 0 radical (unpaired) electrons. The van der Waals surface area contributed by atoms with Crippen LogP contribution < -0.4 is 10.6 Å². The smallest absolute Gasteiger partial charge is 0.191 e. The van der Waals surface area contributed by atoms with E-state index in [1.54, 1.807) is 12.1 Å². The predicted octanol–water partition coefficient (Wildman–Crippen LogP) is 2.97. The summed E-state index contributed by atoms with van der Waals surface area (Å²) in [4.78, 5) is 4.80. The van der Waals surface area contributed by atoms with Crippen LogP contribution in [0.5, 0.6) is 0 Å². The molecule has 2 aromatic rings. The Labute approximate surface area is 172 Å². The third-order valence-corrected chi connectivity index (χ3v) is 6.00. The van der Waals surface area contributed by atoms with Crippen molar-refractivity contribution in [2.75, 3.05) is 19.6 Å². The molecule has 0 unspecified atom stereocenters. The molecule has 0 saturated heterocycles. The van der Waals surface area contributed by atoms with Gasteiger partial charge in [-0.2, -0.15) is 0 Å². The van der Waals surface area contributed by atoms with E-state index in [1.807, 2.05) is 6.07 Å². The molecule has 1 aromatic heterocycles. The summed E-state index contributed by atoms with van der Waals surface area (Å²) in [7, 11) is 0. The number of hydrogen-bond acceptors (Lipinski definition) is 3. The van der Waals surface area contributed by atoms with Crippen LogP contribution in [0.15, 0.2) is 29.3 Å². The molecule has 0 atom stereocenters. The molecule has 1 fully saturated rings. The van der Waals surface area contributed by atoms with Crippen molar-refractivity contribution < 1.29 is 4.39 Å². The van der Waals surface area contributed by atoms with Gasteiger partial charge in [0.25, 0.3) is 0 Å². The van der Waals surface area contributed by atoms with Gasteiger partial charge in [0.1, 0.15) is 17.5 Å². The minimum Gasteiger partial charge on any atom is -0.357 e. The van der Waals surface area contributed by atoms with Gasteiger partial charge in [-0.15, -0.1) is 10.2 Å². The Hall–Kier alpha value is -2.44. The zero-order valence-corrected chi connectivity index (χ0v) is 17.3. The van der Waals surface area contributed by atoms with Gasteiger partial charge >= 0.3 is 0 Å². The first kappa shape index (κ1) is 19.9.